The van der Waals surface area contributed by atoms with Crippen molar-refractivity contribution < 1.29 is 9.66 Å². The maximum atomic E-state index is 12.5. The van der Waals surface area contributed by atoms with Crippen LogP contribution in [-0.2, 0) is 11.3 Å². The summed E-state index contributed by atoms with van der Waals surface area (Å²) in [6.45, 7) is 4.65. The predicted octanol–water partition coefficient (Wildman–Crippen LogP) is 3.26. The van der Waals surface area contributed by atoms with Crippen LogP contribution in [0.3, 0.4) is 0 Å². The number of fused-ring (bicyclic) bond motifs is 3. The van der Waals surface area contributed by atoms with Crippen LogP contribution in [0.2, 0.25) is 0 Å². The van der Waals surface area contributed by atoms with Crippen molar-refractivity contribution >= 4 is 27.6 Å². The number of non-ortho nitro benzene ring substituents is 1. The minimum atomic E-state index is -0.435. The van der Waals surface area contributed by atoms with Crippen molar-refractivity contribution in [1.29, 1.82) is 5.26 Å². The van der Waals surface area contributed by atoms with Crippen molar-refractivity contribution in [3.05, 3.63) is 74.6 Å². The van der Waals surface area contributed by atoms with E-state index in [-0.39, 0.29) is 11.3 Å². The summed E-state index contributed by atoms with van der Waals surface area (Å²) in [7, 11) is 0. The second kappa shape index (κ2) is 8.50. The molecule has 0 aliphatic carbocycles. The first-order chi connectivity index (χ1) is 16.1. The Morgan fingerprint density at radius 1 is 1.09 bits per heavy atom. The molecule has 1 saturated heterocycles. The topological polar surface area (TPSA) is 117 Å². The molecule has 166 valence electrons. The molecule has 4 aromatic rings. The maximum absolute atomic E-state index is 12.5. The number of nitriles is 1. The van der Waals surface area contributed by atoms with E-state index in [1.165, 1.54) is 12.1 Å². The van der Waals surface area contributed by atoms with E-state index < -0.39 is 10.5 Å². The van der Waals surface area contributed by atoms with Crippen molar-refractivity contribution in [2.24, 2.45) is 0 Å². The van der Waals surface area contributed by atoms with Crippen LogP contribution in [0.25, 0.3) is 33.1 Å². The first kappa shape index (κ1) is 20.9. The number of benzene rings is 2. The van der Waals surface area contributed by atoms with Gasteiger partial charge in [-0.2, -0.15) is 5.26 Å². The first-order valence-corrected chi connectivity index (χ1v) is 10.7. The number of nitrogens with one attached hydrogen (secondary N) is 1. The van der Waals surface area contributed by atoms with E-state index >= 15 is 0 Å². The van der Waals surface area contributed by atoms with Gasteiger partial charge in [-0.15, -0.1) is 0 Å². The molecular weight excluding hydrogens is 422 g/mol. The summed E-state index contributed by atoms with van der Waals surface area (Å²) in [4.78, 5) is 28.4. The molecule has 0 spiro atoms. The van der Waals surface area contributed by atoms with Crippen LogP contribution < -0.4 is 5.56 Å². The normalized spacial score (nSPS) is 14.5. The monoisotopic (exact) mass is 443 g/mol. The van der Waals surface area contributed by atoms with Gasteiger partial charge in [-0.1, -0.05) is 12.1 Å². The van der Waals surface area contributed by atoms with E-state index in [0.29, 0.717) is 25.3 Å². The summed E-state index contributed by atoms with van der Waals surface area (Å²) < 4.78 is 7.57. The van der Waals surface area contributed by atoms with E-state index in [2.05, 4.69) is 14.5 Å². The highest BCUT2D eigenvalue weighted by atomic mass is 16.6. The third kappa shape index (κ3) is 3.75. The molecule has 1 aliphatic rings. The molecule has 0 bridgehead atoms. The number of aromatic nitrogens is 2. The van der Waals surface area contributed by atoms with E-state index in [0.717, 1.165) is 47.2 Å². The first-order valence-electron chi connectivity index (χ1n) is 10.7. The van der Waals surface area contributed by atoms with Crippen LogP contribution >= 0.6 is 0 Å². The van der Waals surface area contributed by atoms with E-state index in [1.807, 2.05) is 24.3 Å². The highest BCUT2D eigenvalue weighted by Crippen LogP contribution is 2.36. The van der Waals surface area contributed by atoms with E-state index in [4.69, 9.17) is 4.74 Å². The van der Waals surface area contributed by atoms with Gasteiger partial charge in [0, 0.05) is 43.7 Å². The summed E-state index contributed by atoms with van der Waals surface area (Å²) in [6.07, 6.45) is 0. The number of nitro groups is 1. The van der Waals surface area contributed by atoms with Crippen molar-refractivity contribution in [3.8, 4) is 17.2 Å². The van der Waals surface area contributed by atoms with Gasteiger partial charge in [-0.05, 0) is 35.4 Å². The second-order valence-corrected chi connectivity index (χ2v) is 7.99. The number of rotatable bonds is 5. The lowest BCUT2D eigenvalue weighted by molar-refractivity contribution is -0.384. The number of pyridine rings is 1. The smallest absolute Gasteiger partial charge is 0.269 e. The molecule has 0 amide bonds. The SMILES string of the molecule is N#Cc1cc2c([nH]c1=O)c1c(-c3ccc([N+](=O)[O-])cc3)cccc1n2CCN1CCOCC1. The molecule has 5 rings (SSSR count). The van der Waals surface area contributed by atoms with Gasteiger partial charge in [0.1, 0.15) is 11.6 Å². The minimum absolute atomic E-state index is 0.0194. The van der Waals surface area contributed by atoms with Crippen LogP contribution in [0.4, 0.5) is 5.69 Å². The van der Waals surface area contributed by atoms with Crippen LogP contribution in [0.5, 0.6) is 0 Å². The number of ether oxygens (including phenoxy) is 1. The number of H-pyrrole nitrogens is 1. The van der Waals surface area contributed by atoms with Crippen molar-refractivity contribution in [2.45, 2.75) is 6.54 Å². The number of morpholine rings is 1. The molecular formula is C24H21N5O4. The number of nitrogens with zero attached hydrogens (tertiary/aromatic N) is 4. The van der Waals surface area contributed by atoms with E-state index in [9.17, 15) is 20.2 Å². The molecule has 3 heterocycles. The maximum Gasteiger partial charge on any atom is 0.269 e. The minimum Gasteiger partial charge on any atom is -0.379 e. The fraction of sp³-hybridized carbons (Fsp3) is 0.250. The molecule has 9 nitrogen and oxygen atoms in total. The molecule has 0 radical (unpaired) electrons. The van der Waals surface area contributed by atoms with Crippen LogP contribution in [0.15, 0.2) is 53.3 Å². The molecule has 2 aromatic heterocycles. The molecule has 0 unspecified atom stereocenters. The zero-order valence-electron chi connectivity index (χ0n) is 17.8. The second-order valence-electron chi connectivity index (χ2n) is 7.99. The van der Waals surface area contributed by atoms with Gasteiger partial charge in [0.15, 0.2) is 0 Å². The third-order valence-corrected chi connectivity index (χ3v) is 6.15. The molecule has 1 aliphatic heterocycles. The molecule has 33 heavy (non-hydrogen) atoms. The Morgan fingerprint density at radius 2 is 1.85 bits per heavy atom. The van der Waals surface area contributed by atoms with Crippen molar-refractivity contribution in [3.63, 3.8) is 0 Å². The molecule has 0 saturated carbocycles. The summed E-state index contributed by atoms with van der Waals surface area (Å²) in [5.74, 6) is 0. The average molecular weight is 443 g/mol. The Balaban J connectivity index is 1.69. The zero-order chi connectivity index (χ0) is 22.9. The Kier molecular flexibility index (Phi) is 5.38. The van der Waals surface area contributed by atoms with Gasteiger partial charge < -0.3 is 14.3 Å². The number of hydrogen-bond donors (Lipinski definition) is 1. The largest absolute Gasteiger partial charge is 0.379 e. The number of nitro benzene ring substituents is 1. The Hall–Kier alpha value is -4.00. The van der Waals surface area contributed by atoms with Crippen molar-refractivity contribution in [2.75, 3.05) is 32.8 Å². The zero-order valence-corrected chi connectivity index (χ0v) is 17.8. The van der Waals surface area contributed by atoms with Gasteiger partial charge >= 0.3 is 0 Å². The molecule has 9 heteroatoms. The van der Waals surface area contributed by atoms with Gasteiger partial charge in [-0.25, -0.2) is 0 Å². The highest BCUT2D eigenvalue weighted by molar-refractivity contribution is 6.13. The summed E-state index contributed by atoms with van der Waals surface area (Å²) in [5, 5.41) is 21.3. The lowest BCUT2D eigenvalue weighted by Crippen LogP contribution is -2.38. The van der Waals surface area contributed by atoms with Gasteiger partial charge in [0.25, 0.3) is 11.2 Å². The lowest BCUT2D eigenvalue weighted by atomic mass is 10.0. The Labute approximate surface area is 188 Å². The standard InChI is InChI=1S/C24H21N5O4/c25-15-17-14-21-23(26-24(17)30)22-19(16-4-6-18(7-5-16)29(31)32)2-1-3-20(22)28(21)9-8-27-10-12-33-13-11-27/h1-7,14H,8-13H2,(H,26,30). The third-order valence-electron chi connectivity index (χ3n) is 6.15. The lowest BCUT2D eigenvalue weighted by Gasteiger charge is -2.26. The summed E-state index contributed by atoms with van der Waals surface area (Å²) >= 11 is 0. The molecule has 2 aromatic carbocycles. The summed E-state index contributed by atoms with van der Waals surface area (Å²) in [5.41, 5.74) is 3.69. The quantitative estimate of drug-likeness (QED) is 0.374. The molecule has 1 N–H and O–H groups in total. The summed E-state index contributed by atoms with van der Waals surface area (Å²) in [6, 6.07) is 15.9. The number of hydrogen-bond acceptors (Lipinski definition) is 6. The fourth-order valence-corrected chi connectivity index (χ4v) is 4.47. The van der Waals surface area contributed by atoms with Crippen molar-refractivity contribution in [1.82, 2.24) is 14.5 Å². The van der Waals surface area contributed by atoms with Gasteiger partial charge in [0.2, 0.25) is 0 Å². The van der Waals surface area contributed by atoms with Crippen LogP contribution in [0.1, 0.15) is 5.56 Å². The van der Waals surface area contributed by atoms with Gasteiger partial charge in [-0.3, -0.25) is 19.8 Å². The average Bonchev–Trinajstić information content (AvgIpc) is 3.15. The number of aromatic amines is 1. The van der Waals surface area contributed by atoms with E-state index in [1.54, 1.807) is 18.2 Å². The predicted molar refractivity (Wildman–Crippen MR) is 124 cm³/mol. The highest BCUT2D eigenvalue weighted by Gasteiger charge is 2.19. The Bertz CT molecular complexity index is 1460. The van der Waals surface area contributed by atoms with Gasteiger partial charge in [0.05, 0.1) is 34.7 Å². The van der Waals surface area contributed by atoms with Crippen LogP contribution in [0, 0.1) is 21.4 Å². The fourth-order valence-electron chi connectivity index (χ4n) is 4.47. The Morgan fingerprint density at radius 3 is 2.55 bits per heavy atom. The van der Waals surface area contributed by atoms with Crippen LogP contribution in [-0.4, -0.2) is 52.2 Å². The molecule has 1 fully saturated rings. The molecule has 0 atom stereocenters.